The van der Waals surface area contributed by atoms with E-state index in [1.165, 1.54) is 31.2 Å². The van der Waals surface area contributed by atoms with Gasteiger partial charge in [-0.3, -0.25) is 4.79 Å². The molecule has 17 heavy (non-hydrogen) atoms. The number of carboxylic acids is 1. The van der Waals surface area contributed by atoms with E-state index in [1.54, 1.807) is 11.3 Å². The highest BCUT2D eigenvalue weighted by Gasteiger charge is 2.01. The zero-order chi connectivity index (χ0) is 12.5. The topological polar surface area (TPSA) is 37.3 Å². The minimum atomic E-state index is -0.862. The van der Waals surface area contributed by atoms with Crippen molar-refractivity contribution in [1.29, 1.82) is 0 Å². The van der Waals surface area contributed by atoms with Crippen LogP contribution in [0.25, 0.3) is 0 Å². The Balaban J connectivity index is 2.47. The molecule has 0 spiro atoms. The molecule has 1 heterocycles. The first kappa shape index (κ1) is 13.8. The molecule has 0 aromatic carbocycles. The van der Waals surface area contributed by atoms with Gasteiger partial charge in [0.25, 0.3) is 0 Å². The Morgan fingerprint density at radius 1 is 1.41 bits per heavy atom. The van der Waals surface area contributed by atoms with Crippen molar-refractivity contribution in [1.82, 2.24) is 0 Å². The molecular weight excluding hydrogens is 232 g/mol. The largest absolute Gasteiger partial charge is 0.481 e. The minimum Gasteiger partial charge on any atom is -0.481 e. The van der Waals surface area contributed by atoms with Crippen molar-refractivity contribution < 1.29 is 9.90 Å². The minimum absolute atomic E-state index is 0.0762. The molecule has 0 saturated carbocycles. The Morgan fingerprint density at radius 3 is 2.94 bits per heavy atom. The molecular formula is C14H18O2S. The summed E-state index contributed by atoms with van der Waals surface area (Å²) in [5.74, 6) is 4.78. The van der Waals surface area contributed by atoms with Crippen LogP contribution < -0.4 is 0 Å². The fourth-order valence-electron chi connectivity index (χ4n) is 1.58. The van der Waals surface area contributed by atoms with Crippen molar-refractivity contribution in [3.8, 4) is 11.8 Å². The van der Waals surface area contributed by atoms with Crippen LogP contribution in [0, 0.1) is 11.8 Å². The molecule has 0 fully saturated rings. The molecule has 0 amide bonds. The molecule has 1 aromatic heterocycles. The number of rotatable bonds is 6. The van der Waals surface area contributed by atoms with Gasteiger partial charge < -0.3 is 5.11 Å². The van der Waals surface area contributed by atoms with Crippen molar-refractivity contribution in [2.45, 2.75) is 45.4 Å². The standard InChI is InChI=1S/C14H18O2S/c1-2-3-4-5-7-12-10-11-17-13(12)8-6-9-14(15)16/h10-11H,2-5,7,9H2,1H3,(H,15,16). The van der Waals surface area contributed by atoms with E-state index in [1.807, 2.05) is 5.38 Å². The van der Waals surface area contributed by atoms with Gasteiger partial charge in [-0.25, -0.2) is 0 Å². The van der Waals surface area contributed by atoms with Gasteiger partial charge >= 0.3 is 5.97 Å². The lowest BCUT2D eigenvalue weighted by Gasteiger charge is -1.98. The number of aryl methyl sites for hydroxylation is 1. The van der Waals surface area contributed by atoms with E-state index in [0.717, 1.165) is 11.3 Å². The van der Waals surface area contributed by atoms with Gasteiger partial charge in [-0.05, 0) is 29.9 Å². The number of thiophene rings is 1. The molecule has 0 atom stereocenters. The molecule has 2 nitrogen and oxygen atoms in total. The molecule has 3 heteroatoms. The van der Waals surface area contributed by atoms with E-state index in [4.69, 9.17) is 5.11 Å². The zero-order valence-corrected chi connectivity index (χ0v) is 11.0. The van der Waals surface area contributed by atoms with Crippen LogP contribution in [0.3, 0.4) is 0 Å². The number of carboxylic acid groups (broad SMARTS) is 1. The number of hydrogen-bond donors (Lipinski definition) is 1. The molecule has 0 aliphatic heterocycles. The summed E-state index contributed by atoms with van der Waals surface area (Å²) in [5, 5.41) is 10.5. The summed E-state index contributed by atoms with van der Waals surface area (Å²) in [4.78, 5) is 11.4. The van der Waals surface area contributed by atoms with E-state index >= 15 is 0 Å². The van der Waals surface area contributed by atoms with Crippen molar-refractivity contribution in [2.75, 3.05) is 0 Å². The first-order valence-electron chi connectivity index (χ1n) is 6.01. The molecule has 0 saturated heterocycles. The van der Waals surface area contributed by atoms with Gasteiger partial charge in [-0.15, -0.1) is 11.3 Å². The summed E-state index contributed by atoms with van der Waals surface area (Å²) >= 11 is 1.60. The summed E-state index contributed by atoms with van der Waals surface area (Å²) < 4.78 is 0. The number of carbonyl (C=O) groups is 1. The second kappa shape index (κ2) is 7.92. The number of aliphatic carboxylic acids is 1. The fourth-order valence-corrected chi connectivity index (χ4v) is 2.41. The average Bonchev–Trinajstić information content (AvgIpc) is 2.72. The third-order valence-electron chi connectivity index (χ3n) is 2.49. The second-order valence-electron chi connectivity index (χ2n) is 3.96. The van der Waals surface area contributed by atoms with Crippen LogP contribution in [0.5, 0.6) is 0 Å². The Kier molecular flexibility index (Phi) is 6.42. The maximum absolute atomic E-state index is 10.4. The first-order valence-corrected chi connectivity index (χ1v) is 6.89. The summed E-state index contributed by atoms with van der Waals surface area (Å²) in [7, 11) is 0. The smallest absolute Gasteiger partial charge is 0.315 e. The molecule has 1 aromatic rings. The van der Waals surface area contributed by atoms with Crippen LogP contribution in [0.2, 0.25) is 0 Å². The van der Waals surface area contributed by atoms with E-state index in [2.05, 4.69) is 24.8 Å². The van der Waals surface area contributed by atoms with Crippen LogP contribution in [0.1, 0.15) is 49.5 Å². The van der Waals surface area contributed by atoms with Crippen molar-refractivity contribution >= 4 is 17.3 Å². The highest BCUT2D eigenvalue weighted by Crippen LogP contribution is 2.18. The summed E-state index contributed by atoms with van der Waals surface area (Å²) in [5.41, 5.74) is 1.27. The summed E-state index contributed by atoms with van der Waals surface area (Å²) in [6.07, 6.45) is 5.96. The van der Waals surface area contributed by atoms with Gasteiger partial charge in [0.2, 0.25) is 0 Å². The molecule has 0 radical (unpaired) electrons. The highest BCUT2D eigenvalue weighted by molar-refractivity contribution is 7.10. The lowest BCUT2D eigenvalue weighted by atomic mass is 10.1. The Hall–Kier alpha value is -1.27. The van der Waals surface area contributed by atoms with Crippen molar-refractivity contribution in [3.05, 3.63) is 21.9 Å². The molecule has 92 valence electrons. The molecule has 0 bridgehead atoms. The Labute approximate surface area is 107 Å². The van der Waals surface area contributed by atoms with E-state index in [0.29, 0.717) is 0 Å². The molecule has 1 rings (SSSR count). The SMILES string of the molecule is CCCCCCc1ccsc1C#CCC(=O)O. The maximum atomic E-state index is 10.4. The summed E-state index contributed by atoms with van der Waals surface area (Å²) in [6.45, 7) is 2.20. The average molecular weight is 250 g/mol. The van der Waals surface area contributed by atoms with Crippen LogP contribution in [0.15, 0.2) is 11.4 Å². The predicted molar refractivity (Wildman–Crippen MR) is 71.3 cm³/mol. The van der Waals surface area contributed by atoms with Gasteiger partial charge in [0.15, 0.2) is 0 Å². The monoisotopic (exact) mass is 250 g/mol. The first-order chi connectivity index (χ1) is 8.24. The second-order valence-corrected chi connectivity index (χ2v) is 4.87. The Morgan fingerprint density at radius 2 is 2.24 bits per heavy atom. The number of unbranched alkanes of at least 4 members (excludes halogenated alkanes) is 3. The predicted octanol–water partition coefficient (Wildman–Crippen LogP) is 3.70. The third kappa shape index (κ3) is 5.55. The van der Waals surface area contributed by atoms with Crippen LogP contribution in [0.4, 0.5) is 0 Å². The van der Waals surface area contributed by atoms with Gasteiger partial charge in [0.1, 0.15) is 6.42 Å². The lowest BCUT2D eigenvalue weighted by molar-refractivity contribution is -0.135. The van der Waals surface area contributed by atoms with Crippen LogP contribution in [-0.2, 0) is 11.2 Å². The van der Waals surface area contributed by atoms with E-state index in [-0.39, 0.29) is 6.42 Å². The molecule has 0 aliphatic carbocycles. The van der Waals surface area contributed by atoms with Crippen molar-refractivity contribution in [3.63, 3.8) is 0 Å². The van der Waals surface area contributed by atoms with Gasteiger partial charge in [-0.1, -0.05) is 38.0 Å². The molecule has 0 aliphatic rings. The quantitative estimate of drug-likeness (QED) is 0.617. The van der Waals surface area contributed by atoms with Gasteiger partial charge in [-0.2, -0.15) is 0 Å². The number of hydrogen-bond acceptors (Lipinski definition) is 2. The van der Waals surface area contributed by atoms with Crippen LogP contribution in [-0.4, -0.2) is 11.1 Å². The third-order valence-corrected chi connectivity index (χ3v) is 3.36. The van der Waals surface area contributed by atoms with E-state index in [9.17, 15) is 4.79 Å². The highest BCUT2D eigenvalue weighted by atomic mass is 32.1. The molecule has 1 N–H and O–H groups in total. The summed E-state index contributed by atoms with van der Waals surface area (Å²) in [6, 6.07) is 2.10. The maximum Gasteiger partial charge on any atom is 0.315 e. The van der Waals surface area contributed by atoms with Gasteiger partial charge in [0.05, 0.1) is 4.88 Å². The van der Waals surface area contributed by atoms with Gasteiger partial charge in [0, 0.05) is 0 Å². The molecule has 0 unspecified atom stereocenters. The van der Waals surface area contributed by atoms with Crippen molar-refractivity contribution in [2.24, 2.45) is 0 Å². The van der Waals surface area contributed by atoms with E-state index < -0.39 is 5.97 Å². The lowest BCUT2D eigenvalue weighted by Crippen LogP contribution is -1.90. The Bertz CT molecular complexity index is 409. The zero-order valence-electron chi connectivity index (χ0n) is 10.2. The van der Waals surface area contributed by atoms with Crippen LogP contribution >= 0.6 is 11.3 Å². The fraction of sp³-hybridized carbons (Fsp3) is 0.500. The normalized spacial score (nSPS) is 9.71.